The van der Waals surface area contributed by atoms with Crippen LogP contribution in [0.4, 0.5) is 20.3 Å². The number of halogens is 3. The van der Waals surface area contributed by atoms with Crippen molar-refractivity contribution in [3.63, 3.8) is 0 Å². The summed E-state index contributed by atoms with van der Waals surface area (Å²) in [5.41, 5.74) is 0.636. The molecule has 0 aliphatic rings. The second-order valence-electron chi connectivity index (χ2n) is 13.7. The van der Waals surface area contributed by atoms with Crippen LogP contribution in [0.5, 0.6) is 11.5 Å². The largest absolute Gasteiger partial charge is 0.494 e. The summed E-state index contributed by atoms with van der Waals surface area (Å²) in [7, 11) is 0. The number of esters is 2. The lowest BCUT2D eigenvalue weighted by Gasteiger charge is -2.23. The third-order valence-electron chi connectivity index (χ3n) is 8.09. The number of rotatable bonds is 16. The molecular weight excluding hydrogens is 722 g/mol. The molecule has 0 saturated heterocycles. The molecule has 0 bridgehead atoms. The molecule has 286 valence electrons. The van der Waals surface area contributed by atoms with Crippen molar-refractivity contribution in [3.05, 3.63) is 83.3 Å². The standard InChI is InChI=1S/C39H43ClF2N6O6/c1-7-51-24-17-29(41)27(30(42)18-24)22-48-32-12-9-8-11-25(32)35(47-48)37-44-21-33(36(46-37)45-31-13-14-43-20-28(31)40)52-15-10-16-53-38(50)26(23(2)3)19-34(49)54-39(4,5)6/h8-9,11-14,17-18,20-21,23,26H,7,10,15-16,19,22H2,1-6H3,(H,43,44,45,46)/t26-/m0/s1. The van der Waals surface area contributed by atoms with Gasteiger partial charge in [0, 0.05) is 41.9 Å². The van der Waals surface area contributed by atoms with Crippen molar-refractivity contribution in [3.8, 4) is 23.0 Å². The second-order valence-corrected chi connectivity index (χ2v) is 14.1. The molecule has 3 heterocycles. The number of benzene rings is 2. The summed E-state index contributed by atoms with van der Waals surface area (Å²) in [5, 5.41) is 8.86. The van der Waals surface area contributed by atoms with E-state index in [4.69, 9.17) is 40.6 Å². The van der Waals surface area contributed by atoms with E-state index in [0.29, 0.717) is 33.7 Å². The van der Waals surface area contributed by atoms with Gasteiger partial charge in [-0.2, -0.15) is 5.10 Å². The van der Waals surface area contributed by atoms with Crippen LogP contribution in [0.15, 0.2) is 61.1 Å². The predicted molar refractivity (Wildman–Crippen MR) is 200 cm³/mol. The quantitative estimate of drug-likeness (QED) is 0.0766. The summed E-state index contributed by atoms with van der Waals surface area (Å²) in [6, 6.07) is 11.2. The normalized spacial score (nSPS) is 12.1. The van der Waals surface area contributed by atoms with Gasteiger partial charge in [0.15, 0.2) is 17.4 Å². The van der Waals surface area contributed by atoms with Crippen molar-refractivity contribution in [1.82, 2.24) is 24.7 Å². The SMILES string of the molecule is CCOc1cc(F)c(Cn2nc(-c3ncc(OCCCOC(=O)[C@@H](CC(=O)OC(C)(C)C)C(C)C)c(Nc4ccncc4Cl)n3)c3ccccc32)c(F)c1. The Morgan fingerprint density at radius 3 is 2.44 bits per heavy atom. The van der Waals surface area contributed by atoms with Crippen LogP contribution >= 0.6 is 11.6 Å². The second kappa shape index (κ2) is 17.6. The van der Waals surface area contributed by atoms with Crippen molar-refractivity contribution in [2.75, 3.05) is 25.1 Å². The highest BCUT2D eigenvalue weighted by molar-refractivity contribution is 6.33. The third-order valence-corrected chi connectivity index (χ3v) is 8.39. The Kier molecular flexibility index (Phi) is 13.0. The van der Waals surface area contributed by atoms with E-state index in [-0.39, 0.29) is 67.4 Å². The summed E-state index contributed by atoms with van der Waals surface area (Å²) in [6.45, 7) is 11.0. The maximum atomic E-state index is 15.1. The van der Waals surface area contributed by atoms with Crippen LogP contribution in [0, 0.1) is 23.5 Å². The lowest BCUT2D eigenvalue weighted by atomic mass is 9.92. The Hall–Kier alpha value is -5.37. The number of carbonyl (C=O) groups excluding carboxylic acids is 2. The van der Waals surface area contributed by atoms with E-state index in [1.807, 2.05) is 26.0 Å². The number of anilines is 2. The minimum Gasteiger partial charge on any atom is -0.494 e. The molecule has 2 aromatic carbocycles. The first-order valence-electron chi connectivity index (χ1n) is 17.6. The number of nitrogens with zero attached hydrogens (tertiary/aromatic N) is 5. The Morgan fingerprint density at radius 2 is 1.76 bits per heavy atom. The topological polar surface area (TPSA) is 140 Å². The zero-order valence-corrected chi connectivity index (χ0v) is 31.7. The summed E-state index contributed by atoms with van der Waals surface area (Å²) in [6.07, 6.45) is 4.76. The van der Waals surface area contributed by atoms with Crippen molar-refractivity contribution in [1.29, 1.82) is 0 Å². The third kappa shape index (κ3) is 10.2. The molecule has 0 radical (unpaired) electrons. The molecule has 0 amide bonds. The number of fused-ring (bicyclic) bond motifs is 1. The molecule has 0 unspecified atom stereocenters. The predicted octanol–water partition coefficient (Wildman–Crippen LogP) is 8.33. The molecule has 0 fully saturated rings. The van der Waals surface area contributed by atoms with Gasteiger partial charge in [-0.1, -0.05) is 43.6 Å². The average molecular weight is 765 g/mol. The zero-order valence-electron chi connectivity index (χ0n) is 31.0. The van der Waals surface area contributed by atoms with Crippen LogP contribution in [0.1, 0.15) is 59.9 Å². The first-order valence-corrected chi connectivity index (χ1v) is 17.9. The number of para-hydroxylation sites is 1. The van der Waals surface area contributed by atoms with Crippen molar-refractivity contribution in [2.45, 2.75) is 66.5 Å². The van der Waals surface area contributed by atoms with E-state index >= 15 is 8.78 Å². The molecule has 0 aliphatic carbocycles. The van der Waals surface area contributed by atoms with Gasteiger partial charge in [0.25, 0.3) is 0 Å². The maximum Gasteiger partial charge on any atom is 0.309 e. The van der Waals surface area contributed by atoms with E-state index in [9.17, 15) is 9.59 Å². The molecule has 1 N–H and O–H groups in total. The summed E-state index contributed by atoms with van der Waals surface area (Å²) >= 11 is 6.41. The highest BCUT2D eigenvalue weighted by atomic mass is 35.5. The molecule has 0 saturated carbocycles. The van der Waals surface area contributed by atoms with Gasteiger partial charge in [-0.25, -0.2) is 18.7 Å². The number of hydrogen-bond donors (Lipinski definition) is 1. The Balaban J connectivity index is 1.35. The van der Waals surface area contributed by atoms with Gasteiger partial charge in [0.05, 0.1) is 61.1 Å². The first-order chi connectivity index (χ1) is 25.7. The molecule has 1 atom stereocenters. The minimum absolute atomic E-state index is 0.0488. The van der Waals surface area contributed by atoms with Crippen molar-refractivity contribution >= 4 is 45.9 Å². The van der Waals surface area contributed by atoms with Gasteiger partial charge in [-0.3, -0.25) is 19.3 Å². The number of hydrogen-bond acceptors (Lipinski definition) is 11. The van der Waals surface area contributed by atoms with Gasteiger partial charge in [0.2, 0.25) is 0 Å². The summed E-state index contributed by atoms with van der Waals surface area (Å²) in [4.78, 5) is 38.6. The summed E-state index contributed by atoms with van der Waals surface area (Å²) < 4.78 is 53.9. The number of carbonyl (C=O) groups is 2. The smallest absolute Gasteiger partial charge is 0.309 e. The highest BCUT2D eigenvalue weighted by Crippen LogP contribution is 2.33. The molecule has 12 nitrogen and oxygen atoms in total. The molecular formula is C39H43ClF2N6O6. The molecule has 0 spiro atoms. The number of nitrogens with one attached hydrogen (secondary N) is 1. The lowest BCUT2D eigenvalue weighted by Crippen LogP contribution is -2.30. The number of ether oxygens (including phenoxy) is 4. The fraction of sp³-hybridized carbons (Fsp3) is 0.385. The van der Waals surface area contributed by atoms with Gasteiger partial charge in [-0.05, 0) is 45.7 Å². The van der Waals surface area contributed by atoms with Crippen LogP contribution in [0.3, 0.4) is 0 Å². The van der Waals surface area contributed by atoms with E-state index in [1.165, 1.54) is 17.1 Å². The maximum absolute atomic E-state index is 15.1. The van der Waals surface area contributed by atoms with E-state index in [2.05, 4.69) is 15.3 Å². The Labute approximate surface area is 317 Å². The first kappa shape index (κ1) is 39.8. The van der Waals surface area contributed by atoms with Crippen LogP contribution in [-0.4, -0.2) is 62.1 Å². The van der Waals surface area contributed by atoms with Crippen molar-refractivity contribution < 1.29 is 37.3 Å². The Bertz CT molecular complexity index is 2080. The number of pyridine rings is 1. The average Bonchev–Trinajstić information content (AvgIpc) is 3.47. The minimum atomic E-state index is -0.756. The fourth-order valence-corrected chi connectivity index (χ4v) is 5.67. The molecule has 54 heavy (non-hydrogen) atoms. The highest BCUT2D eigenvalue weighted by Gasteiger charge is 2.29. The molecule has 15 heteroatoms. The van der Waals surface area contributed by atoms with E-state index in [1.54, 1.807) is 52.1 Å². The van der Waals surface area contributed by atoms with E-state index in [0.717, 1.165) is 12.1 Å². The van der Waals surface area contributed by atoms with Gasteiger partial charge >= 0.3 is 11.9 Å². The Morgan fingerprint density at radius 1 is 1.02 bits per heavy atom. The van der Waals surface area contributed by atoms with Crippen LogP contribution in [0.2, 0.25) is 5.02 Å². The van der Waals surface area contributed by atoms with Gasteiger partial charge in [0.1, 0.15) is 28.7 Å². The zero-order chi connectivity index (χ0) is 39.0. The summed E-state index contributed by atoms with van der Waals surface area (Å²) in [5.74, 6) is -2.42. The monoisotopic (exact) mass is 764 g/mol. The van der Waals surface area contributed by atoms with E-state index < -0.39 is 35.1 Å². The number of aromatic nitrogens is 5. The van der Waals surface area contributed by atoms with Gasteiger partial charge in [-0.15, -0.1) is 0 Å². The molecule has 5 rings (SSSR count). The van der Waals surface area contributed by atoms with Gasteiger partial charge < -0.3 is 24.3 Å². The van der Waals surface area contributed by atoms with Crippen LogP contribution in [-0.2, 0) is 25.6 Å². The molecule has 5 aromatic rings. The molecule has 0 aliphatic heterocycles. The molecule has 3 aromatic heterocycles. The lowest BCUT2D eigenvalue weighted by molar-refractivity contribution is -0.163. The van der Waals surface area contributed by atoms with Crippen LogP contribution < -0.4 is 14.8 Å². The van der Waals surface area contributed by atoms with Crippen molar-refractivity contribution in [2.24, 2.45) is 11.8 Å². The van der Waals surface area contributed by atoms with Crippen LogP contribution in [0.25, 0.3) is 22.4 Å². The fourth-order valence-electron chi connectivity index (χ4n) is 5.50.